The second-order valence-corrected chi connectivity index (χ2v) is 2.62. The Morgan fingerprint density at radius 1 is 1.50 bits per heavy atom. The Balaban J connectivity index is 2.43. The summed E-state index contributed by atoms with van der Waals surface area (Å²) in [7, 11) is 1.52. The van der Waals surface area contributed by atoms with Crippen LogP contribution >= 0.6 is 0 Å². The fourth-order valence-corrected chi connectivity index (χ4v) is 1.07. The Morgan fingerprint density at radius 2 is 2.36 bits per heavy atom. The molecule has 0 aromatic carbocycles. The molecule has 0 atom stereocenters. The number of hydrogen-bond acceptors (Lipinski definition) is 5. The lowest BCUT2D eigenvalue weighted by Crippen LogP contribution is -1.98. The van der Waals surface area contributed by atoms with Crippen molar-refractivity contribution >= 4 is 5.82 Å². The van der Waals surface area contributed by atoms with Gasteiger partial charge in [0.05, 0.1) is 19.6 Å². The summed E-state index contributed by atoms with van der Waals surface area (Å²) in [6.07, 6.45) is 3.07. The van der Waals surface area contributed by atoms with Crippen LogP contribution in [0.3, 0.4) is 0 Å². The van der Waals surface area contributed by atoms with Gasteiger partial charge in [0.25, 0.3) is 0 Å². The zero-order valence-corrected chi connectivity index (χ0v) is 7.60. The minimum Gasteiger partial charge on any atom is -0.491 e. The Labute approximate surface area is 80.5 Å². The summed E-state index contributed by atoms with van der Waals surface area (Å²) in [5, 5.41) is 0. The van der Waals surface area contributed by atoms with Crippen LogP contribution in [0.1, 0.15) is 0 Å². The van der Waals surface area contributed by atoms with E-state index in [-0.39, 0.29) is 0 Å². The number of nitrogens with two attached hydrogens (primary N) is 1. The number of furan rings is 1. The largest absolute Gasteiger partial charge is 0.491 e. The number of methoxy groups -OCH3 is 1. The van der Waals surface area contributed by atoms with E-state index < -0.39 is 0 Å². The Kier molecular flexibility index (Phi) is 2.06. The van der Waals surface area contributed by atoms with Gasteiger partial charge in [0.2, 0.25) is 0 Å². The standard InChI is InChI=1S/C9H9N3O2/c1-13-7-5-11-9(12-8(7)10)6-3-2-4-14-6/h2-5H,1H3,(H2,10,11,12). The molecule has 0 radical (unpaired) electrons. The maximum atomic E-state index is 5.62. The van der Waals surface area contributed by atoms with Crippen LogP contribution in [-0.4, -0.2) is 17.1 Å². The molecule has 2 aromatic heterocycles. The van der Waals surface area contributed by atoms with E-state index in [0.29, 0.717) is 23.2 Å². The highest BCUT2D eigenvalue weighted by Gasteiger charge is 2.07. The third-order valence-electron chi connectivity index (χ3n) is 1.74. The molecule has 0 fully saturated rings. The molecule has 0 saturated heterocycles. The minimum atomic E-state index is 0.300. The molecule has 0 unspecified atom stereocenters. The molecule has 5 heteroatoms. The van der Waals surface area contributed by atoms with Gasteiger partial charge in [-0.25, -0.2) is 9.97 Å². The van der Waals surface area contributed by atoms with Crippen LogP contribution in [0, 0.1) is 0 Å². The SMILES string of the molecule is COc1cnc(-c2ccco2)nc1N. The summed E-state index contributed by atoms with van der Waals surface area (Å²) >= 11 is 0. The van der Waals surface area contributed by atoms with E-state index >= 15 is 0 Å². The second-order valence-electron chi connectivity index (χ2n) is 2.62. The predicted octanol–water partition coefficient (Wildman–Crippen LogP) is 1.33. The van der Waals surface area contributed by atoms with Crippen molar-refractivity contribution in [2.75, 3.05) is 12.8 Å². The molecular weight excluding hydrogens is 182 g/mol. The first-order valence-electron chi connectivity index (χ1n) is 4.01. The van der Waals surface area contributed by atoms with Gasteiger partial charge in [0.15, 0.2) is 23.2 Å². The maximum Gasteiger partial charge on any atom is 0.197 e. The zero-order chi connectivity index (χ0) is 9.97. The topological polar surface area (TPSA) is 74.2 Å². The van der Waals surface area contributed by atoms with Gasteiger partial charge >= 0.3 is 0 Å². The van der Waals surface area contributed by atoms with Crippen molar-refractivity contribution in [1.29, 1.82) is 0 Å². The molecule has 0 spiro atoms. The van der Waals surface area contributed by atoms with Crippen molar-refractivity contribution in [3.63, 3.8) is 0 Å². The molecule has 0 aliphatic heterocycles. The highest BCUT2D eigenvalue weighted by Crippen LogP contribution is 2.21. The van der Waals surface area contributed by atoms with Gasteiger partial charge in [-0.1, -0.05) is 0 Å². The van der Waals surface area contributed by atoms with Gasteiger partial charge < -0.3 is 14.9 Å². The summed E-state index contributed by atoms with van der Waals surface area (Å²) in [6.45, 7) is 0. The van der Waals surface area contributed by atoms with Gasteiger partial charge in [-0.15, -0.1) is 0 Å². The molecular formula is C9H9N3O2. The van der Waals surface area contributed by atoms with E-state index in [1.807, 2.05) is 0 Å². The van der Waals surface area contributed by atoms with Gasteiger partial charge in [-0.3, -0.25) is 0 Å². The molecule has 5 nitrogen and oxygen atoms in total. The summed E-state index contributed by atoms with van der Waals surface area (Å²) in [4.78, 5) is 8.08. The molecule has 0 saturated carbocycles. The molecule has 0 bridgehead atoms. The quantitative estimate of drug-likeness (QED) is 0.775. The monoisotopic (exact) mass is 191 g/mol. The maximum absolute atomic E-state index is 5.62. The number of nitrogen functional groups attached to an aromatic ring is 1. The van der Waals surface area contributed by atoms with Gasteiger partial charge in [-0.05, 0) is 12.1 Å². The lowest BCUT2D eigenvalue weighted by molar-refractivity contribution is 0.413. The number of anilines is 1. The molecule has 14 heavy (non-hydrogen) atoms. The van der Waals surface area contributed by atoms with Crippen LogP contribution < -0.4 is 10.5 Å². The zero-order valence-electron chi connectivity index (χ0n) is 7.60. The van der Waals surface area contributed by atoms with E-state index in [1.165, 1.54) is 13.3 Å². The van der Waals surface area contributed by atoms with E-state index in [0.717, 1.165) is 0 Å². The van der Waals surface area contributed by atoms with Crippen LogP contribution in [0.5, 0.6) is 5.75 Å². The minimum absolute atomic E-state index is 0.300. The normalized spacial score (nSPS) is 10.1. The highest BCUT2D eigenvalue weighted by molar-refractivity contribution is 5.53. The van der Waals surface area contributed by atoms with Crippen LogP contribution in [0.2, 0.25) is 0 Å². The number of ether oxygens (including phenoxy) is 1. The van der Waals surface area contributed by atoms with Crippen LogP contribution in [-0.2, 0) is 0 Å². The third-order valence-corrected chi connectivity index (χ3v) is 1.74. The molecule has 72 valence electrons. The summed E-state index contributed by atoms with van der Waals surface area (Å²) in [6, 6.07) is 3.53. The van der Waals surface area contributed by atoms with Crippen LogP contribution in [0.25, 0.3) is 11.6 Å². The average molecular weight is 191 g/mol. The second kappa shape index (κ2) is 3.37. The van der Waals surface area contributed by atoms with E-state index in [9.17, 15) is 0 Å². The predicted molar refractivity (Wildman–Crippen MR) is 50.7 cm³/mol. The van der Waals surface area contributed by atoms with E-state index in [4.69, 9.17) is 14.9 Å². The lowest BCUT2D eigenvalue weighted by Gasteiger charge is -2.02. The fraction of sp³-hybridized carbons (Fsp3) is 0.111. The summed E-state index contributed by atoms with van der Waals surface area (Å²) in [5.41, 5.74) is 5.62. The molecule has 0 amide bonds. The fourth-order valence-electron chi connectivity index (χ4n) is 1.07. The molecule has 2 rings (SSSR count). The van der Waals surface area contributed by atoms with E-state index in [1.54, 1.807) is 18.4 Å². The first kappa shape index (κ1) is 8.55. The van der Waals surface area contributed by atoms with Crippen molar-refractivity contribution in [2.45, 2.75) is 0 Å². The van der Waals surface area contributed by atoms with Gasteiger partial charge in [0, 0.05) is 0 Å². The van der Waals surface area contributed by atoms with Crippen molar-refractivity contribution in [3.8, 4) is 17.3 Å². The number of nitrogens with zero attached hydrogens (tertiary/aromatic N) is 2. The number of hydrogen-bond donors (Lipinski definition) is 1. The number of rotatable bonds is 2. The van der Waals surface area contributed by atoms with Gasteiger partial charge in [-0.2, -0.15) is 0 Å². The molecule has 0 aliphatic rings. The summed E-state index contributed by atoms with van der Waals surface area (Å²) < 4.78 is 10.1. The Bertz CT molecular complexity index is 426. The smallest absolute Gasteiger partial charge is 0.197 e. The Hall–Kier alpha value is -2.04. The van der Waals surface area contributed by atoms with Crippen molar-refractivity contribution in [3.05, 3.63) is 24.6 Å². The molecule has 0 aliphatic carbocycles. The molecule has 2 aromatic rings. The van der Waals surface area contributed by atoms with E-state index in [2.05, 4.69) is 9.97 Å². The first-order chi connectivity index (χ1) is 6.81. The van der Waals surface area contributed by atoms with Crippen molar-refractivity contribution in [2.24, 2.45) is 0 Å². The first-order valence-corrected chi connectivity index (χ1v) is 4.01. The molecule has 2 heterocycles. The van der Waals surface area contributed by atoms with Crippen molar-refractivity contribution in [1.82, 2.24) is 9.97 Å². The van der Waals surface area contributed by atoms with Crippen molar-refractivity contribution < 1.29 is 9.15 Å². The third kappa shape index (κ3) is 1.39. The summed E-state index contributed by atoms with van der Waals surface area (Å²) in [5.74, 6) is 1.79. The lowest BCUT2D eigenvalue weighted by atomic mass is 10.4. The van der Waals surface area contributed by atoms with Crippen LogP contribution in [0.4, 0.5) is 5.82 Å². The molecule has 2 N–H and O–H groups in total. The number of aromatic nitrogens is 2. The Morgan fingerprint density at radius 3 is 2.93 bits per heavy atom. The van der Waals surface area contributed by atoms with Gasteiger partial charge in [0.1, 0.15) is 0 Å². The van der Waals surface area contributed by atoms with Crippen LogP contribution in [0.15, 0.2) is 29.0 Å². The highest BCUT2D eigenvalue weighted by atomic mass is 16.5. The average Bonchev–Trinajstić information content (AvgIpc) is 2.70.